The normalized spacial score (nSPS) is 14.7. The second kappa shape index (κ2) is 7.97. The summed E-state index contributed by atoms with van der Waals surface area (Å²) < 4.78 is 4.76. The molecule has 3 heteroatoms. The van der Waals surface area contributed by atoms with Crippen LogP contribution in [-0.4, -0.2) is 23.8 Å². The Labute approximate surface area is 179 Å². The smallest absolute Gasteiger partial charge is 0.337 e. The lowest BCUT2D eigenvalue weighted by atomic mass is 9.72. The zero-order valence-corrected chi connectivity index (χ0v) is 18.3. The molecule has 2 aromatic carbocycles. The summed E-state index contributed by atoms with van der Waals surface area (Å²) in [7, 11) is 1.37. The van der Waals surface area contributed by atoms with Gasteiger partial charge in [-0.2, -0.15) is 0 Å². The largest absolute Gasteiger partial charge is 0.465 e. The molecule has 3 rings (SSSR count). The molecule has 30 heavy (non-hydrogen) atoms. The molecule has 154 valence electrons. The second-order valence-electron chi connectivity index (χ2n) is 8.82. The van der Waals surface area contributed by atoms with Gasteiger partial charge in [-0.15, -0.1) is 0 Å². The van der Waals surface area contributed by atoms with Crippen molar-refractivity contribution in [3.63, 3.8) is 0 Å². The number of hydrogen-bond acceptors (Lipinski definition) is 3. The first-order valence-electron chi connectivity index (χ1n) is 10.0. The fourth-order valence-electron chi connectivity index (χ4n) is 3.55. The van der Waals surface area contributed by atoms with Crippen LogP contribution in [0.1, 0.15) is 66.7 Å². The van der Waals surface area contributed by atoms with Crippen molar-refractivity contribution in [3.05, 3.63) is 82.9 Å². The van der Waals surface area contributed by atoms with Crippen molar-refractivity contribution in [3.8, 4) is 11.8 Å². The maximum absolute atomic E-state index is 11.7. The zero-order valence-electron chi connectivity index (χ0n) is 18.3. The fraction of sp³-hybridized carbons (Fsp3) is 0.296. The van der Waals surface area contributed by atoms with Crippen LogP contribution in [0.2, 0.25) is 0 Å². The first-order chi connectivity index (χ1) is 14.0. The zero-order chi connectivity index (χ0) is 22.1. The second-order valence-corrected chi connectivity index (χ2v) is 8.82. The van der Waals surface area contributed by atoms with E-state index in [1.165, 1.54) is 12.7 Å². The van der Waals surface area contributed by atoms with E-state index in [1.807, 2.05) is 12.1 Å². The number of fused-ring (bicyclic) bond motifs is 1. The first-order valence-corrected chi connectivity index (χ1v) is 10.0. The highest BCUT2D eigenvalue weighted by atomic mass is 16.5. The molecular weight excluding hydrogens is 372 g/mol. The van der Waals surface area contributed by atoms with Gasteiger partial charge in [0.15, 0.2) is 0 Å². The summed E-state index contributed by atoms with van der Waals surface area (Å²) in [4.78, 5) is 11.7. The molecule has 0 saturated heterocycles. The standard InChI is InChI=1S/C27H28O3/c1-18(19-7-9-21(10-8-19)25(28)30-6)22-11-12-24-23(17-22)20(13-15-26(24,2)3)14-16-27(4,5)29/h7-13,17,29H,1,15H2,2-6H3. The molecule has 0 amide bonds. The summed E-state index contributed by atoms with van der Waals surface area (Å²) in [6.45, 7) is 12.1. The van der Waals surface area contributed by atoms with Crippen molar-refractivity contribution in [2.75, 3.05) is 7.11 Å². The van der Waals surface area contributed by atoms with E-state index in [0.29, 0.717) is 5.56 Å². The number of aliphatic hydroxyl groups is 1. The molecule has 0 bridgehead atoms. The van der Waals surface area contributed by atoms with Gasteiger partial charge >= 0.3 is 5.97 Å². The van der Waals surface area contributed by atoms with E-state index in [1.54, 1.807) is 26.0 Å². The third-order valence-electron chi connectivity index (χ3n) is 5.36. The van der Waals surface area contributed by atoms with Crippen LogP contribution >= 0.6 is 0 Å². The van der Waals surface area contributed by atoms with Crippen molar-refractivity contribution in [2.45, 2.75) is 45.1 Å². The Morgan fingerprint density at radius 2 is 1.70 bits per heavy atom. The molecule has 2 aromatic rings. The summed E-state index contributed by atoms with van der Waals surface area (Å²) in [5.74, 6) is 5.74. The van der Waals surface area contributed by atoms with Gasteiger partial charge in [0.05, 0.1) is 12.7 Å². The molecule has 0 unspecified atom stereocenters. The maximum atomic E-state index is 11.7. The van der Waals surface area contributed by atoms with Gasteiger partial charge in [-0.05, 0) is 71.7 Å². The average Bonchev–Trinajstić information content (AvgIpc) is 2.71. The SMILES string of the molecule is C=C(c1ccc(C(=O)OC)cc1)c1ccc2c(c1)C(C#CC(C)(C)O)=CCC2(C)C. The third kappa shape index (κ3) is 4.56. The number of methoxy groups -OCH3 is 1. The van der Waals surface area contributed by atoms with Crippen LogP contribution in [0.5, 0.6) is 0 Å². The van der Waals surface area contributed by atoms with Gasteiger partial charge in [-0.1, -0.05) is 62.6 Å². The topological polar surface area (TPSA) is 46.5 Å². The van der Waals surface area contributed by atoms with Crippen molar-refractivity contribution < 1.29 is 14.6 Å². The summed E-state index contributed by atoms with van der Waals surface area (Å²) in [5.41, 5.74) is 5.52. The van der Waals surface area contributed by atoms with Crippen molar-refractivity contribution >= 4 is 17.1 Å². The summed E-state index contributed by atoms with van der Waals surface area (Å²) in [6, 6.07) is 13.6. The van der Waals surface area contributed by atoms with Gasteiger partial charge in [0, 0.05) is 5.57 Å². The molecule has 3 nitrogen and oxygen atoms in total. The van der Waals surface area contributed by atoms with Crippen molar-refractivity contribution in [1.82, 2.24) is 0 Å². The minimum absolute atomic E-state index is 0.0112. The number of allylic oxidation sites excluding steroid dienone is 2. The van der Waals surface area contributed by atoms with E-state index < -0.39 is 5.60 Å². The minimum atomic E-state index is -1.05. The number of carbonyl (C=O) groups is 1. The van der Waals surface area contributed by atoms with E-state index in [0.717, 1.165) is 34.3 Å². The van der Waals surface area contributed by atoms with Gasteiger partial charge in [0.25, 0.3) is 0 Å². The highest BCUT2D eigenvalue weighted by Gasteiger charge is 2.28. The van der Waals surface area contributed by atoms with E-state index in [9.17, 15) is 9.90 Å². The predicted octanol–water partition coefficient (Wildman–Crippen LogP) is 5.37. The van der Waals surface area contributed by atoms with Crippen LogP contribution in [0.4, 0.5) is 0 Å². The molecule has 0 fully saturated rings. The number of hydrogen-bond donors (Lipinski definition) is 1. The Kier molecular flexibility index (Phi) is 5.74. The van der Waals surface area contributed by atoms with Crippen LogP contribution in [0, 0.1) is 11.8 Å². The Balaban J connectivity index is 2.01. The number of benzene rings is 2. The maximum Gasteiger partial charge on any atom is 0.337 e. The molecule has 1 aliphatic carbocycles. The number of carbonyl (C=O) groups excluding carboxylic acids is 1. The fourth-order valence-corrected chi connectivity index (χ4v) is 3.55. The van der Waals surface area contributed by atoms with Crippen LogP contribution in [-0.2, 0) is 10.2 Å². The van der Waals surface area contributed by atoms with Crippen LogP contribution in [0.3, 0.4) is 0 Å². The molecule has 0 saturated carbocycles. The third-order valence-corrected chi connectivity index (χ3v) is 5.36. The molecule has 0 heterocycles. The van der Waals surface area contributed by atoms with Gasteiger partial charge in [-0.25, -0.2) is 4.79 Å². The van der Waals surface area contributed by atoms with Gasteiger partial charge in [-0.3, -0.25) is 0 Å². The minimum Gasteiger partial charge on any atom is -0.465 e. The highest BCUT2D eigenvalue weighted by Crippen LogP contribution is 2.40. The van der Waals surface area contributed by atoms with Crippen molar-refractivity contribution in [2.24, 2.45) is 0 Å². The predicted molar refractivity (Wildman–Crippen MR) is 122 cm³/mol. The van der Waals surface area contributed by atoms with E-state index >= 15 is 0 Å². The van der Waals surface area contributed by atoms with Crippen molar-refractivity contribution in [1.29, 1.82) is 0 Å². The Morgan fingerprint density at radius 3 is 2.30 bits per heavy atom. The first kappa shape index (κ1) is 21.6. The monoisotopic (exact) mass is 400 g/mol. The van der Waals surface area contributed by atoms with E-state index in [-0.39, 0.29) is 11.4 Å². The van der Waals surface area contributed by atoms with Crippen LogP contribution in [0.15, 0.2) is 55.1 Å². The Hall–Kier alpha value is -3.09. The highest BCUT2D eigenvalue weighted by molar-refractivity contribution is 5.91. The van der Waals surface area contributed by atoms with E-state index in [2.05, 4.69) is 56.5 Å². The number of esters is 1. The molecule has 0 aromatic heterocycles. The molecular formula is C27H28O3. The quantitative estimate of drug-likeness (QED) is 0.556. The summed E-state index contributed by atoms with van der Waals surface area (Å²) in [6.07, 6.45) is 3.05. The lowest BCUT2D eigenvalue weighted by Crippen LogP contribution is -2.22. The molecule has 0 atom stereocenters. The summed E-state index contributed by atoms with van der Waals surface area (Å²) >= 11 is 0. The lowest BCUT2D eigenvalue weighted by Gasteiger charge is -2.31. The molecule has 0 spiro atoms. The average molecular weight is 401 g/mol. The lowest BCUT2D eigenvalue weighted by molar-refractivity contribution is 0.0600. The van der Waals surface area contributed by atoms with Crippen LogP contribution < -0.4 is 0 Å². The summed E-state index contributed by atoms with van der Waals surface area (Å²) in [5, 5.41) is 10.0. The van der Waals surface area contributed by atoms with E-state index in [4.69, 9.17) is 4.74 Å². The molecule has 1 aliphatic rings. The Bertz CT molecular complexity index is 1080. The Morgan fingerprint density at radius 1 is 1.10 bits per heavy atom. The van der Waals surface area contributed by atoms with Gasteiger partial charge in [0.2, 0.25) is 0 Å². The number of ether oxygens (including phenoxy) is 1. The molecule has 1 N–H and O–H groups in total. The number of rotatable bonds is 3. The molecule has 0 aliphatic heterocycles. The molecule has 0 radical (unpaired) electrons. The van der Waals surface area contributed by atoms with Gasteiger partial charge < -0.3 is 9.84 Å². The van der Waals surface area contributed by atoms with Gasteiger partial charge in [0.1, 0.15) is 5.60 Å². The van der Waals surface area contributed by atoms with Crippen LogP contribution in [0.25, 0.3) is 11.1 Å².